The molecule has 3 atom stereocenters. The first kappa shape index (κ1) is 9.11. The molecule has 1 aliphatic carbocycles. The maximum atomic E-state index is 11.2. The van der Waals surface area contributed by atoms with Gasteiger partial charge in [-0.25, -0.2) is 0 Å². The number of rotatable bonds is 1. The number of nitro groups is 1. The van der Waals surface area contributed by atoms with E-state index in [9.17, 15) is 19.7 Å². The Balaban J connectivity index is 2.13. The normalized spacial score (nSPS) is 36.4. The Kier molecular flexibility index (Phi) is 1.98. The molecule has 1 heterocycles. The average molecular weight is 198 g/mol. The van der Waals surface area contributed by atoms with Crippen molar-refractivity contribution in [2.75, 3.05) is 0 Å². The van der Waals surface area contributed by atoms with Crippen LogP contribution in [0.5, 0.6) is 0 Å². The number of hydrogen-bond acceptors (Lipinski definition) is 4. The van der Waals surface area contributed by atoms with Gasteiger partial charge < -0.3 is 0 Å². The van der Waals surface area contributed by atoms with Gasteiger partial charge in [0.25, 0.3) is 0 Å². The summed E-state index contributed by atoms with van der Waals surface area (Å²) < 4.78 is 0. The highest BCUT2D eigenvalue weighted by molar-refractivity contribution is 6.05. The molecule has 14 heavy (non-hydrogen) atoms. The van der Waals surface area contributed by atoms with E-state index in [1.165, 1.54) is 0 Å². The van der Waals surface area contributed by atoms with Crippen LogP contribution in [-0.4, -0.2) is 22.8 Å². The number of carbonyl (C=O) groups excluding carboxylic acids is 2. The van der Waals surface area contributed by atoms with Crippen LogP contribution in [0.1, 0.15) is 19.3 Å². The minimum absolute atomic E-state index is 0.204. The molecule has 2 rings (SSSR count). The molecule has 0 bridgehead atoms. The van der Waals surface area contributed by atoms with E-state index in [2.05, 4.69) is 5.32 Å². The van der Waals surface area contributed by atoms with Crippen LogP contribution in [0, 0.1) is 22.0 Å². The van der Waals surface area contributed by atoms with Crippen LogP contribution in [-0.2, 0) is 9.59 Å². The number of carbonyl (C=O) groups is 2. The lowest BCUT2D eigenvalue weighted by Gasteiger charge is -2.23. The first-order valence-electron chi connectivity index (χ1n) is 4.58. The molecule has 1 N–H and O–H groups in total. The van der Waals surface area contributed by atoms with E-state index < -0.39 is 12.0 Å². The van der Waals surface area contributed by atoms with E-state index in [1.54, 1.807) is 0 Å². The second kappa shape index (κ2) is 3.04. The molecule has 2 amide bonds. The van der Waals surface area contributed by atoms with Crippen molar-refractivity contribution in [3.05, 3.63) is 10.1 Å². The lowest BCUT2D eigenvalue weighted by molar-refractivity contribution is -0.527. The number of hydrogen-bond donors (Lipinski definition) is 1. The highest BCUT2D eigenvalue weighted by Gasteiger charge is 2.48. The molecule has 0 spiro atoms. The third kappa shape index (κ3) is 1.26. The van der Waals surface area contributed by atoms with E-state index in [0.29, 0.717) is 12.8 Å². The lowest BCUT2D eigenvalue weighted by Crippen LogP contribution is -2.34. The number of imide groups is 1. The molecule has 6 nitrogen and oxygen atoms in total. The van der Waals surface area contributed by atoms with Crippen LogP contribution in [0.3, 0.4) is 0 Å². The van der Waals surface area contributed by atoms with Crippen molar-refractivity contribution in [2.24, 2.45) is 11.8 Å². The number of nitrogens with one attached hydrogen (secondary N) is 1. The molecule has 6 heteroatoms. The summed E-state index contributed by atoms with van der Waals surface area (Å²) in [6, 6.07) is -0.659. The summed E-state index contributed by atoms with van der Waals surface area (Å²) in [5, 5.41) is 12.7. The monoisotopic (exact) mass is 198 g/mol. The molecule has 2 aliphatic rings. The van der Waals surface area contributed by atoms with Crippen molar-refractivity contribution >= 4 is 11.8 Å². The van der Waals surface area contributed by atoms with Gasteiger partial charge in [-0.1, -0.05) is 0 Å². The summed E-state index contributed by atoms with van der Waals surface area (Å²) in [6.45, 7) is 0. The first-order valence-corrected chi connectivity index (χ1v) is 4.58. The van der Waals surface area contributed by atoms with Crippen LogP contribution in [0.2, 0.25) is 0 Å². The van der Waals surface area contributed by atoms with Crippen molar-refractivity contribution in [2.45, 2.75) is 25.3 Å². The van der Waals surface area contributed by atoms with Crippen LogP contribution in [0.15, 0.2) is 0 Å². The Morgan fingerprint density at radius 1 is 1.21 bits per heavy atom. The summed E-state index contributed by atoms with van der Waals surface area (Å²) in [6.07, 6.45) is 1.05. The largest absolute Gasteiger partial charge is 0.296 e. The number of nitrogens with zero attached hydrogens (tertiary/aromatic N) is 1. The smallest absolute Gasteiger partial charge is 0.230 e. The van der Waals surface area contributed by atoms with Crippen molar-refractivity contribution in [1.82, 2.24) is 5.32 Å². The summed E-state index contributed by atoms with van der Waals surface area (Å²) >= 11 is 0. The highest BCUT2D eigenvalue weighted by Crippen LogP contribution is 2.34. The summed E-state index contributed by atoms with van der Waals surface area (Å²) in [4.78, 5) is 32.6. The molecule has 2 fully saturated rings. The van der Waals surface area contributed by atoms with Crippen molar-refractivity contribution in [3.8, 4) is 0 Å². The van der Waals surface area contributed by atoms with Gasteiger partial charge in [0, 0.05) is 17.8 Å². The Bertz CT molecular complexity index is 314. The van der Waals surface area contributed by atoms with E-state index in [-0.39, 0.29) is 29.1 Å². The molecule has 1 aliphatic heterocycles. The predicted octanol–water partition coefficient (Wildman–Crippen LogP) is -0.296. The molecular formula is C8H10N2O4. The Morgan fingerprint density at radius 2 is 1.86 bits per heavy atom. The molecule has 76 valence electrons. The minimum atomic E-state index is -0.659. The van der Waals surface area contributed by atoms with E-state index in [4.69, 9.17) is 0 Å². The van der Waals surface area contributed by atoms with Crippen LogP contribution >= 0.6 is 0 Å². The van der Waals surface area contributed by atoms with E-state index >= 15 is 0 Å². The van der Waals surface area contributed by atoms with Gasteiger partial charge in [-0.05, 0) is 6.42 Å². The summed E-state index contributed by atoms with van der Waals surface area (Å²) in [7, 11) is 0. The highest BCUT2D eigenvalue weighted by atomic mass is 16.6. The van der Waals surface area contributed by atoms with Gasteiger partial charge in [0.15, 0.2) is 0 Å². The molecule has 0 aromatic heterocycles. The van der Waals surface area contributed by atoms with Gasteiger partial charge in [0.1, 0.15) is 0 Å². The fourth-order valence-electron chi connectivity index (χ4n) is 2.25. The molecular weight excluding hydrogens is 188 g/mol. The zero-order valence-electron chi connectivity index (χ0n) is 7.43. The molecule has 3 unspecified atom stereocenters. The van der Waals surface area contributed by atoms with Crippen molar-refractivity contribution in [3.63, 3.8) is 0 Å². The maximum absolute atomic E-state index is 11.2. The third-order valence-corrected chi connectivity index (χ3v) is 3.04. The van der Waals surface area contributed by atoms with Crippen molar-refractivity contribution < 1.29 is 14.5 Å². The Morgan fingerprint density at radius 3 is 2.50 bits per heavy atom. The van der Waals surface area contributed by atoms with E-state index in [0.717, 1.165) is 0 Å². The Labute approximate surface area is 79.8 Å². The molecule has 0 aromatic rings. The van der Waals surface area contributed by atoms with Crippen LogP contribution in [0.4, 0.5) is 0 Å². The van der Waals surface area contributed by atoms with Crippen LogP contribution in [0.25, 0.3) is 0 Å². The number of fused-ring (bicyclic) bond motifs is 1. The fourth-order valence-corrected chi connectivity index (χ4v) is 2.25. The molecule has 1 saturated heterocycles. The average Bonchev–Trinajstić information content (AvgIpc) is 2.42. The topological polar surface area (TPSA) is 89.3 Å². The second-order valence-corrected chi connectivity index (χ2v) is 3.82. The zero-order valence-corrected chi connectivity index (χ0v) is 7.43. The predicted molar refractivity (Wildman–Crippen MR) is 44.8 cm³/mol. The second-order valence-electron chi connectivity index (χ2n) is 3.82. The summed E-state index contributed by atoms with van der Waals surface area (Å²) in [5.41, 5.74) is 0. The maximum Gasteiger partial charge on any atom is 0.230 e. The van der Waals surface area contributed by atoms with Gasteiger partial charge in [0.05, 0.1) is 11.8 Å². The molecule has 0 aromatic carbocycles. The van der Waals surface area contributed by atoms with Gasteiger partial charge in [-0.15, -0.1) is 0 Å². The van der Waals surface area contributed by atoms with Gasteiger partial charge in [-0.3, -0.25) is 25.0 Å². The van der Waals surface area contributed by atoms with Gasteiger partial charge >= 0.3 is 0 Å². The van der Waals surface area contributed by atoms with Crippen LogP contribution < -0.4 is 5.32 Å². The first-order chi connectivity index (χ1) is 6.59. The standard InChI is InChI=1S/C8H10N2O4/c11-7-5-2-1-4(10(13)14)3-6(5)8(12)9-7/h4-6H,1-3H2,(H,9,11,12). The minimum Gasteiger partial charge on any atom is -0.296 e. The summed E-state index contributed by atoms with van der Waals surface area (Å²) in [5.74, 6) is -1.39. The SMILES string of the molecule is O=C1NC(=O)C2CC([N+](=O)[O-])CCC12. The van der Waals surface area contributed by atoms with Gasteiger partial charge in [0.2, 0.25) is 17.9 Å². The van der Waals surface area contributed by atoms with Gasteiger partial charge in [-0.2, -0.15) is 0 Å². The fraction of sp³-hybridized carbons (Fsp3) is 0.750. The quantitative estimate of drug-likeness (QED) is 0.356. The zero-order chi connectivity index (χ0) is 10.3. The third-order valence-electron chi connectivity index (χ3n) is 3.04. The number of amides is 2. The molecule has 0 radical (unpaired) electrons. The van der Waals surface area contributed by atoms with Crippen molar-refractivity contribution in [1.29, 1.82) is 0 Å². The Hall–Kier alpha value is -1.46. The molecule has 1 saturated carbocycles. The van der Waals surface area contributed by atoms with E-state index in [1.807, 2.05) is 0 Å². The lowest BCUT2D eigenvalue weighted by atomic mass is 9.79.